The molecule has 0 spiro atoms. The molecule has 0 fully saturated rings. The van der Waals surface area contributed by atoms with E-state index < -0.39 is 11.9 Å². The second-order valence-electron chi connectivity index (χ2n) is 7.55. The minimum atomic E-state index is -0.679. The average molecular weight is 520 g/mol. The van der Waals surface area contributed by atoms with Crippen LogP contribution in [0.15, 0.2) is 29.3 Å². The van der Waals surface area contributed by atoms with Crippen molar-refractivity contribution in [3.63, 3.8) is 0 Å². The van der Waals surface area contributed by atoms with E-state index in [2.05, 4.69) is 42.0 Å². The van der Waals surface area contributed by atoms with Crippen LogP contribution in [0.4, 0.5) is 5.00 Å². The van der Waals surface area contributed by atoms with Crippen LogP contribution in [0.2, 0.25) is 0 Å². The molecule has 0 aromatic carbocycles. The summed E-state index contributed by atoms with van der Waals surface area (Å²) in [5.41, 5.74) is 6.86. The molecule has 3 aromatic rings. The van der Waals surface area contributed by atoms with Crippen LogP contribution in [0.5, 0.6) is 0 Å². The normalized spacial score (nSPS) is 11.0. The van der Waals surface area contributed by atoms with Crippen LogP contribution >= 0.6 is 34.4 Å². The predicted octanol–water partition coefficient (Wildman–Crippen LogP) is 4.30. The van der Waals surface area contributed by atoms with Crippen molar-refractivity contribution in [2.45, 2.75) is 38.4 Å². The molecule has 0 saturated carbocycles. The van der Waals surface area contributed by atoms with Gasteiger partial charge in [0.05, 0.1) is 23.3 Å². The van der Waals surface area contributed by atoms with Crippen molar-refractivity contribution in [1.29, 1.82) is 0 Å². The van der Waals surface area contributed by atoms with Gasteiger partial charge in [-0.3, -0.25) is 14.2 Å². The van der Waals surface area contributed by atoms with E-state index >= 15 is 0 Å². The van der Waals surface area contributed by atoms with Gasteiger partial charge >= 0.3 is 5.97 Å². The van der Waals surface area contributed by atoms with Crippen molar-refractivity contribution in [3.05, 3.63) is 45.0 Å². The van der Waals surface area contributed by atoms with Gasteiger partial charge in [-0.15, -0.1) is 39.4 Å². The van der Waals surface area contributed by atoms with E-state index in [0.29, 0.717) is 29.0 Å². The molecule has 0 aliphatic heterocycles. The van der Waals surface area contributed by atoms with E-state index in [1.165, 1.54) is 23.7 Å². The maximum Gasteiger partial charge on any atom is 0.341 e. The zero-order valence-electron chi connectivity index (χ0n) is 19.2. The van der Waals surface area contributed by atoms with Gasteiger partial charge in [0.1, 0.15) is 5.00 Å². The molecule has 0 aliphatic carbocycles. The fourth-order valence-electron chi connectivity index (χ4n) is 3.15. The largest absolute Gasteiger partial charge is 0.465 e. The number of carbonyl (C=O) groups excluding carboxylic acids is 3. The molecular weight excluding hydrogens is 494 g/mol. The van der Waals surface area contributed by atoms with Gasteiger partial charge in [-0.25, -0.2) is 4.79 Å². The van der Waals surface area contributed by atoms with E-state index in [-0.39, 0.29) is 27.1 Å². The summed E-state index contributed by atoms with van der Waals surface area (Å²) in [6, 6.07) is 2.10. The van der Waals surface area contributed by atoms with Gasteiger partial charge in [0.2, 0.25) is 5.91 Å². The van der Waals surface area contributed by atoms with Gasteiger partial charge in [-0.2, -0.15) is 0 Å². The van der Waals surface area contributed by atoms with Crippen molar-refractivity contribution in [1.82, 2.24) is 14.8 Å². The maximum atomic E-state index is 12.7. The van der Waals surface area contributed by atoms with Crippen LogP contribution in [0.3, 0.4) is 0 Å². The van der Waals surface area contributed by atoms with E-state index in [1.54, 1.807) is 24.3 Å². The lowest BCUT2D eigenvalue weighted by Gasteiger charge is -2.08. The van der Waals surface area contributed by atoms with Crippen LogP contribution in [0.25, 0.3) is 11.4 Å². The first-order valence-corrected chi connectivity index (χ1v) is 12.9. The first-order valence-electron chi connectivity index (χ1n) is 10.2. The second kappa shape index (κ2) is 11.0. The summed E-state index contributed by atoms with van der Waals surface area (Å²) >= 11 is 3.82. The first-order chi connectivity index (χ1) is 16.2. The quantitative estimate of drug-likeness (QED) is 0.232. The van der Waals surface area contributed by atoms with Crippen LogP contribution in [-0.2, 0) is 16.1 Å². The van der Waals surface area contributed by atoms with Gasteiger partial charge in [-0.1, -0.05) is 31.7 Å². The number of rotatable bonds is 10. The molecule has 0 atom stereocenters. The molecule has 0 aliphatic rings. The van der Waals surface area contributed by atoms with Gasteiger partial charge in [-0.05, 0) is 24.5 Å². The molecule has 180 valence electrons. The lowest BCUT2D eigenvalue weighted by atomic mass is 10.1. The number of hydrogen-bond donors (Lipinski definition) is 2. The Morgan fingerprint density at radius 1 is 1.35 bits per heavy atom. The van der Waals surface area contributed by atoms with E-state index in [4.69, 9.17) is 10.5 Å². The highest BCUT2D eigenvalue weighted by atomic mass is 32.2. The van der Waals surface area contributed by atoms with E-state index in [9.17, 15) is 14.4 Å². The summed E-state index contributed by atoms with van der Waals surface area (Å²) < 4.78 is 6.69. The first kappa shape index (κ1) is 25.7. The number of hydrogen-bond acceptors (Lipinski definition) is 9. The molecule has 0 bridgehead atoms. The number of thiophene rings is 2. The molecule has 0 unspecified atom stereocenters. The predicted molar refractivity (Wildman–Crippen MR) is 136 cm³/mol. The zero-order valence-corrected chi connectivity index (χ0v) is 21.7. The van der Waals surface area contributed by atoms with Crippen molar-refractivity contribution in [2.24, 2.45) is 5.73 Å². The van der Waals surface area contributed by atoms with Gasteiger partial charge in [0.25, 0.3) is 5.91 Å². The van der Waals surface area contributed by atoms with Crippen LogP contribution < -0.4 is 11.1 Å². The number of primary amides is 1. The molecule has 9 nitrogen and oxygen atoms in total. The summed E-state index contributed by atoms with van der Waals surface area (Å²) in [7, 11) is 1.23. The number of anilines is 1. The Balaban J connectivity index is 1.78. The lowest BCUT2D eigenvalue weighted by molar-refractivity contribution is -0.113. The van der Waals surface area contributed by atoms with Crippen LogP contribution in [0.1, 0.15) is 50.2 Å². The summed E-state index contributed by atoms with van der Waals surface area (Å²) in [6.07, 6.45) is 1.75. The molecule has 0 radical (unpaired) electrons. The molecule has 34 heavy (non-hydrogen) atoms. The number of ether oxygens (including phenoxy) is 1. The number of amides is 2. The van der Waals surface area contributed by atoms with Crippen molar-refractivity contribution in [2.75, 3.05) is 18.2 Å². The highest BCUT2D eigenvalue weighted by molar-refractivity contribution is 7.99. The monoisotopic (exact) mass is 519 g/mol. The lowest BCUT2D eigenvalue weighted by Crippen LogP contribution is -2.16. The van der Waals surface area contributed by atoms with E-state index in [0.717, 1.165) is 16.9 Å². The number of nitrogens with two attached hydrogens (primary N) is 1. The number of nitrogens with zero attached hydrogens (tertiary/aromatic N) is 3. The summed E-state index contributed by atoms with van der Waals surface area (Å²) in [5.74, 6) is -0.575. The highest BCUT2D eigenvalue weighted by Gasteiger charge is 2.25. The Kier molecular flexibility index (Phi) is 8.28. The summed E-state index contributed by atoms with van der Waals surface area (Å²) in [6.45, 7) is 10.2. The fraction of sp³-hybridized carbons (Fsp3) is 0.318. The number of thioether (sulfide) groups is 1. The van der Waals surface area contributed by atoms with Gasteiger partial charge < -0.3 is 15.8 Å². The molecule has 3 N–H and O–H groups in total. The molecule has 2 amide bonds. The molecule has 3 aromatic heterocycles. The zero-order chi connectivity index (χ0) is 25.0. The molecule has 3 rings (SSSR count). The topological polar surface area (TPSA) is 129 Å². The number of esters is 1. The summed E-state index contributed by atoms with van der Waals surface area (Å²) in [5, 5.41) is 14.1. The number of nitrogens with one attached hydrogen (secondary N) is 1. The molecule has 3 heterocycles. The second-order valence-corrected chi connectivity index (χ2v) is 10.5. The van der Waals surface area contributed by atoms with Crippen LogP contribution in [-0.4, -0.2) is 45.4 Å². The van der Waals surface area contributed by atoms with Crippen molar-refractivity contribution >= 4 is 57.2 Å². The maximum absolute atomic E-state index is 12.7. The third-order valence-electron chi connectivity index (χ3n) is 4.82. The van der Waals surface area contributed by atoms with Crippen molar-refractivity contribution < 1.29 is 19.1 Å². The Hall–Kier alpha value is -2.96. The third kappa shape index (κ3) is 5.40. The molecule has 0 saturated heterocycles. The Morgan fingerprint density at radius 3 is 2.68 bits per heavy atom. The van der Waals surface area contributed by atoms with Gasteiger partial charge in [0, 0.05) is 22.4 Å². The number of aromatic nitrogens is 3. The van der Waals surface area contributed by atoms with Crippen LogP contribution in [0, 0.1) is 6.92 Å². The summed E-state index contributed by atoms with van der Waals surface area (Å²) in [4.78, 5) is 38.0. The minimum absolute atomic E-state index is 0.0135. The fourth-order valence-corrected chi connectivity index (χ4v) is 5.87. The van der Waals surface area contributed by atoms with Crippen molar-refractivity contribution in [3.8, 4) is 11.4 Å². The number of carbonyl (C=O) groups is 3. The third-order valence-corrected chi connectivity index (χ3v) is 8.24. The Morgan fingerprint density at radius 2 is 2.09 bits per heavy atom. The standard InChI is InChI=1S/C22H25N5O4S3/c1-6-7-27-19(13-8-14(11(2)3)32-9-13)25-26-22(27)33-10-15(28)24-20-16(21(30)31-5)12(4)17(34-20)18(23)29/h6,8-9,11H,1,7,10H2,2-5H3,(H2,23,29)(H,24,28). The smallest absolute Gasteiger partial charge is 0.341 e. The molecular formula is C22H25N5O4S3. The highest BCUT2D eigenvalue weighted by Crippen LogP contribution is 2.34. The Labute approximate surface area is 209 Å². The number of allylic oxidation sites excluding steroid dienone is 1. The van der Waals surface area contributed by atoms with Gasteiger partial charge in [0.15, 0.2) is 11.0 Å². The number of methoxy groups -OCH3 is 1. The Bertz CT molecular complexity index is 1240. The molecule has 12 heteroatoms. The van der Waals surface area contributed by atoms with E-state index in [1.807, 2.05) is 9.95 Å². The minimum Gasteiger partial charge on any atom is -0.465 e. The SMILES string of the molecule is C=CCn1c(SCC(=O)Nc2sc(C(N)=O)c(C)c2C(=O)OC)nnc1-c1csc(C(C)C)c1. The average Bonchev–Trinajstić information content (AvgIpc) is 3.50.